The summed E-state index contributed by atoms with van der Waals surface area (Å²) in [6.45, 7) is 7.00. The van der Waals surface area contributed by atoms with Crippen molar-refractivity contribution in [1.29, 1.82) is 0 Å². The fourth-order valence-electron chi connectivity index (χ4n) is 5.42. The van der Waals surface area contributed by atoms with Gasteiger partial charge >= 0.3 is 6.09 Å². The molecule has 3 heterocycles. The number of fused-ring (bicyclic) bond motifs is 2. The molecule has 0 radical (unpaired) electrons. The smallest absolute Gasteiger partial charge is 0.410 e. The number of likely N-dealkylation sites (tertiary alicyclic amines) is 1. The van der Waals surface area contributed by atoms with Gasteiger partial charge in [0.25, 0.3) is 0 Å². The molecule has 3 saturated carbocycles. The van der Waals surface area contributed by atoms with Gasteiger partial charge in [0, 0.05) is 30.3 Å². The zero-order chi connectivity index (χ0) is 21.7. The molecule has 1 aliphatic heterocycles. The molecule has 0 aromatic carbocycles. The minimum absolute atomic E-state index is 0.0326. The van der Waals surface area contributed by atoms with E-state index in [1.807, 2.05) is 25.5 Å². The lowest BCUT2D eigenvalue weighted by atomic mass is 9.81. The van der Waals surface area contributed by atoms with Gasteiger partial charge in [-0.15, -0.1) is 0 Å². The summed E-state index contributed by atoms with van der Waals surface area (Å²) in [5.74, 6) is 0.861. The molecule has 6 nitrogen and oxygen atoms in total. The third-order valence-corrected chi connectivity index (χ3v) is 7.60. The molecule has 2 aromatic heterocycles. The van der Waals surface area contributed by atoms with Crippen molar-refractivity contribution in [2.24, 2.45) is 11.8 Å². The summed E-state index contributed by atoms with van der Waals surface area (Å²) in [5.41, 5.74) is 1.96. The highest BCUT2D eigenvalue weighted by molar-refractivity contribution is 6.30. The lowest BCUT2D eigenvalue weighted by Crippen LogP contribution is -2.36. The van der Waals surface area contributed by atoms with Crippen LogP contribution in [0.3, 0.4) is 0 Å². The number of rotatable bonds is 3. The van der Waals surface area contributed by atoms with Crippen LogP contribution in [-0.4, -0.2) is 44.4 Å². The standard InChI is InChI=1S/C23H28ClFN4O2/c1-23(2,3)31-22(30)28-9-13-14(10-28)15(13)19-16-18(11-5-4-6-11)26-21(24)17(25)20(16)29(27-19)12-7-8-12/h11-15H,4-10H2,1-3H3. The highest BCUT2D eigenvalue weighted by atomic mass is 35.5. The predicted molar refractivity (Wildman–Crippen MR) is 115 cm³/mol. The van der Waals surface area contributed by atoms with Gasteiger partial charge < -0.3 is 9.64 Å². The van der Waals surface area contributed by atoms with Crippen LogP contribution in [0.5, 0.6) is 0 Å². The van der Waals surface area contributed by atoms with Crippen molar-refractivity contribution >= 4 is 28.6 Å². The van der Waals surface area contributed by atoms with Crippen molar-refractivity contribution in [3.05, 3.63) is 22.4 Å². The Balaban J connectivity index is 1.35. The molecule has 4 fully saturated rings. The normalized spacial score (nSPS) is 28.0. The highest BCUT2D eigenvalue weighted by Crippen LogP contribution is 2.60. The second-order valence-corrected chi connectivity index (χ2v) is 11.1. The van der Waals surface area contributed by atoms with Crippen LogP contribution in [0.1, 0.15) is 82.1 Å². The molecule has 1 amide bonds. The van der Waals surface area contributed by atoms with Crippen LogP contribution in [0, 0.1) is 17.7 Å². The van der Waals surface area contributed by atoms with E-state index in [1.54, 1.807) is 4.90 Å². The summed E-state index contributed by atoms with van der Waals surface area (Å²) in [4.78, 5) is 18.8. The number of pyridine rings is 1. The molecule has 0 bridgehead atoms. The van der Waals surface area contributed by atoms with E-state index in [2.05, 4.69) is 4.98 Å². The summed E-state index contributed by atoms with van der Waals surface area (Å²) >= 11 is 6.24. The van der Waals surface area contributed by atoms with Gasteiger partial charge in [0.15, 0.2) is 11.0 Å². The van der Waals surface area contributed by atoms with Crippen LogP contribution in [0.4, 0.5) is 9.18 Å². The lowest BCUT2D eigenvalue weighted by molar-refractivity contribution is 0.0271. The Kier molecular flexibility index (Phi) is 4.18. The Morgan fingerprint density at radius 2 is 1.81 bits per heavy atom. The number of ether oxygens (including phenoxy) is 1. The highest BCUT2D eigenvalue weighted by Gasteiger charge is 2.59. The van der Waals surface area contributed by atoms with Crippen LogP contribution >= 0.6 is 11.6 Å². The fraction of sp³-hybridized carbons (Fsp3) is 0.696. The number of amides is 1. The number of hydrogen-bond donors (Lipinski definition) is 0. The van der Waals surface area contributed by atoms with Crippen LogP contribution in [0.2, 0.25) is 5.15 Å². The minimum atomic E-state index is -0.497. The average molecular weight is 447 g/mol. The molecule has 0 N–H and O–H groups in total. The zero-order valence-corrected chi connectivity index (χ0v) is 19.0. The maximum Gasteiger partial charge on any atom is 0.410 e. The number of aromatic nitrogens is 3. The monoisotopic (exact) mass is 446 g/mol. The van der Waals surface area contributed by atoms with E-state index in [-0.39, 0.29) is 23.2 Å². The Bertz CT molecular complexity index is 1070. The van der Waals surface area contributed by atoms with Crippen molar-refractivity contribution in [2.45, 2.75) is 76.4 Å². The van der Waals surface area contributed by atoms with Crippen LogP contribution in [-0.2, 0) is 4.74 Å². The van der Waals surface area contributed by atoms with Gasteiger partial charge in [0.05, 0.1) is 17.4 Å². The summed E-state index contributed by atoms with van der Waals surface area (Å²) in [6.07, 6.45) is 5.12. The van der Waals surface area contributed by atoms with Crippen LogP contribution in [0.15, 0.2) is 0 Å². The summed E-state index contributed by atoms with van der Waals surface area (Å²) in [5, 5.41) is 5.84. The molecule has 3 aliphatic carbocycles. The summed E-state index contributed by atoms with van der Waals surface area (Å²) in [7, 11) is 0. The van der Waals surface area contributed by atoms with E-state index in [0.717, 1.165) is 42.5 Å². The quantitative estimate of drug-likeness (QED) is 0.592. The van der Waals surface area contributed by atoms with E-state index in [0.29, 0.717) is 36.4 Å². The van der Waals surface area contributed by atoms with Crippen molar-refractivity contribution < 1.29 is 13.9 Å². The van der Waals surface area contributed by atoms with Gasteiger partial charge in [-0.1, -0.05) is 18.0 Å². The van der Waals surface area contributed by atoms with E-state index in [9.17, 15) is 4.79 Å². The SMILES string of the molecule is CC(C)(C)OC(=O)N1CC2C(C1)C2c1nn(C2CC2)c2c(F)c(Cl)nc(C3CCC3)c12. The number of nitrogens with zero attached hydrogens (tertiary/aromatic N) is 4. The van der Waals surface area contributed by atoms with E-state index in [4.69, 9.17) is 21.4 Å². The Morgan fingerprint density at radius 1 is 1.13 bits per heavy atom. The number of carbonyl (C=O) groups excluding carboxylic acids is 1. The minimum Gasteiger partial charge on any atom is -0.444 e. The molecular formula is C23H28ClFN4O2. The maximum absolute atomic E-state index is 15.2. The average Bonchev–Trinajstić information content (AvgIpc) is 3.52. The molecule has 166 valence electrons. The second-order valence-electron chi connectivity index (χ2n) is 10.8. The first-order valence-electron chi connectivity index (χ1n) is 11.5. The van der Waals surface area contributed by atoms with Crippen molar-refractivity contribution in [1.82, 2.24) is 19.7 Å². The molecule has 2 atom stereocenters. The molecule has 0 spiro atoms. The molecule has 1 saturated heterocycles. The largest absolute Gasteiger partial charge is 0.444 e. The zero-order valence-electron chi connectivity index (χ0n) is 18.2. The molecule has 6 rings (SSSR count). The topological polar surface area (TPSA) is 60.2 Å². The first kappa shape index (κ1) is 19.8. The Labute approximate surface area is 186 Å². The maximum atomic E-state index is 15.2. The van der Waals surface area contributed by atoms with Crippen molar-refractivity contribution in [3.63, 3.8) is 0 Å². The molecular weight excluding hydrogens is 419 g/mol. The van der Waals surface area contributed by atoms with Crippen LogP contribution in [0.25, 0.3) is 10.9 Å². The summed E-state index contributed by atoms with van der Waals surface area (Å²) < 4.78 is 22.6. The molecule has 31 heavy (non-hydrogen) atoms. The van der Waals surface area contributed by atoms with Gasteiger partial charge in [-0.3, -0.25) is 4.68 Å². The lowest BCUT2D eigenvalue weighted by Gasteiger charge is -2.26. The van der Waals surface area contributed by atoms with Gasteiger partial charge in [-0.05, 0) is 58.3 Å². The van der Waals surface area contributed by atoms with E-state index in [1.165, 1.54) is 6.42 Å². The first-order valence-corrected chi connectivity index (χ1v) is 11.9. The molecule has 2 aromatic rings. The van der Waals surface area contributed by atoms with Crippen molar-refractivity contribution in [2.75, 3.05) is 13.1 Å². The molecule has 8 heteroatoms. The third kappa shape index (κ3) is 3.14. The number of carbonyl (C=O) groups is 1. The van der Waals surface area contributed by atoms with E-state index < -0.39 is 11.4 Å². The van der Waals surface area contributed by atoms with Gasteiger partial charge in [-0.25, -0.2) is 14.2 Å². The Morgan fingerprint density at radius 3 is 2.35 bits per heavy atom. The number of hydrogen-bond acceptors (Lipinski definition) is 4. The number of piperidine rings is 1. The summed E-state index contributed by atoms with van der Waals surface area (Å²) in [6, 6.07) is 0.260. The van der Waals surface area contributed by atoms with Gasteiger partial charge in [0.1, 0.15) is 11.1 Å². The number of halogens is 2. The van der Waals surface area contributed by atoms with Crippen LogP contribution < -0.4 is 0 Å². The fourth-order valence-corrected chi connectivity index (χ4v) is 5.61. The third-order valence-electron chi connectivity index (χ3n) is 7.35. The second kappa shape index (κ2) is 6.56. The van der Waals surface area contributed by atoms with Gasteiger partial charge in [0.2, 0.25) is 0 Å². The predicted octanol–water partition coefficient (Wildman–Crippen LogP) is 5.41. The molecule has 2 unspecified atom stereocenters. The Hall–Kier alpha value is -1.89. The van der Waals surface area contributed by atoms with E-state index >= 15 is 4.39 Å². The molecule has 4 aliphatic rings. The van der Waals surface area contributed by atoms with Gasteiger partial charge in [-0.2, -0.15) is 5.10 Å². The first-order chi connectivity index (χ1) is 14.7. The van der Waals surface area contributed by atoms with Crippen molar-refractivity contribution in [3.8, 4) is 0 Å².